The van der Waals surface area contributed by atoms with Gasteiger partial charge in [-0.15, -0.1) is 0 Å². The topological polar surface area (TPSA) is 62.7 Å². The Morgan fingerprint density at radius 1 is 1.03 bits per heavy atom. The number of fused-ring (bicyclic) bond motifs is 1. The maximum Gasteiger partial charge on any atom is 0.186 e. The highest BCUT2D eigenvalue weighted by Crippen LogP contribution is 2.28. The zero-order chi connectivity index (χ0) is 23.5. The number of ketones is 1. The van der Waals surface area contributed by atoms with Crippen molar-refractivity contribution >= 4 is 16.7 Å². The van der Waals surface area contributed by atoms with Gasteiger partial charge in [0.1, 0.15) is 0 Å². The molecule has 2 heterocycles. The molecule has 0 spiro atoms. The van der Waals surface area contributed by atoms with Gasteiger partial charge in [0.15, 0.2) is 5.78 Å². The molecule has 0 aliphatic heterocycles. The van der Waals surface area contributed by atoms with E-state index < -0.39 is 6.04 Å². The van der Waals surface area contributed by atoms with Gasteiger partial charge in [0.25, 0.3) is 0 Å². The van der Waals surface area contributed by atoms with Crippen LogP contribution in [0.25, 0.3) is 22.0 Å². The Balaban J connectivity index is 1.40. The third kappa shape index (κ3) is 4.56. The first-order valence-electron chi connectivity index (χ1n) is 11.6. The molecule has 0 aliphatic rings. The van der Waals surface area contributed by atoms with Crippen molar-refractivity contribution in [1.29, 1.82) is 0 Å². The molecule has 5 nitrogen and oxygen atoms in total. The van der Waals surface area contributed by atoms with Crippen molar-refractivity contribution in [2.75, 3.05) is 6.54 Å². The van der Waals surface area contributed by atoms with E-state index in [4.69, 9.17) is 0 Å². The lowest BCUT2D eigenvalue weighted by molar-refractivity contribution is 0.0945. The fourth-order valence-electron chi connectivity index (χ4n) is 4.36. The van der Waals surface area contributed by atoms with Gasteiger partial charge in [-0.2, -0.15) is 5.10 Å². The van der Waals surface area contributed by atoms with Gasteiger partial charge in [-0.05, 0) is 36.1 Å². The fraction of sp³-hybridized carbons (Fsp3) is 0.172. The van der Waals surface area contributed by atoms with Gasteiger partial charge in [0.05, 0.1) is 12.2 Å². The minimum Gasteiger partial charge on any atom is -0.360 e. The Labute approximate surface area is 199 Å². The van der Waals surface area contributed by atoms with Gasteiger partial charge < -0.3 is 10.3 Å². The van der Waals surface area contributed by atoms with E-state index in [1.54, 1.807) is 4.68 Å². The molecule has 2 N–H and O–H groups in total. The Kier molecular flexibility index (Phi) is 6.11. The lowest BCUT2D eigenvalue weighted by atomic mass is 9.96. The van der Waals surface area contributed by atoms with E-state index in [0.717, 1.165) is 34.0 Å². The normalized spacial score (nSPS) is 12.2. The zero-order valence-electron chi connectivity index (χ0n) is 19.5. The molecular weight excluding hydrogens is 420 g/mol. The minimum atomic E-state index is -0.413. The summed E-state index contributed by atoms with van der Waals surface area (Å²) < 4.78 is 1.79. The number of Topliss-reactive ketones (excluding diaryl/α,β-unsaturated/α-hetero) is 1. The summed E-state index contributed by atoms with van der Waals surface area (Å²) in [6, 6.07) is 24.2. The molecule has 1 atom stereocenters. The molecule has 0 aliphatic carbocycles. The minimum absolute atomic E-state index is 0.0653. The van der Waals surface area contributed by atoms with Gasteiger partial charge in [-0.3, -0.25) is 9.48 Å². The standard InChI is InChI=1S/C29H28N4O/c1-20-8-10-21(11-9-20)14-15-30-28(22-6-4-3-5-7-22)29(34)26-18-31-27-16-23(12-13-25(26)27)24-17-32-33(2)19-24/h3-13,16-19,28,30-31H,14-15H2,1-2H3/t28-/m1/s1. The number of hydrogen-bond donors (Lipinski definition) is 2. The molecular formula is C29H28N4O. The Bertz CT molecular complexity index is 1410. The van der Waals surface area contributed by atoms with E-state index in [2.05, 4.69) is 52.7 Å². The smallest absolute Gasteiger partial charge is 0.186 e. The van der Waals surface area contributed by atoms with Gasteiger partial charge in [0, 0.05) is 48.0 Å². The molecule has 3 aromatic carbocycles. The largest absolute Gasteiger partial charge is 0.360 e. The van der Waals surface area contributed by atoms with Gasteiger partial charge in [-0.25, -0.2) is 0 Å². The molecule has 170 valence electrons. The molecule has 5 heteroatoms. The summed E-state index contributed by atoms with van der Waals surface area (Å²) in [5, 5.41) is 8.71. The lowest BCUT2D eigenvalue weighted by Gasteiger charge is -2.18. The number of aryl methyl sites for hydroxylation is 2. The number of rotatable bonds is 8. The molecule has 5 aromatic rings. The molecule has 2 aromatic heterocycles. The molecule has 0 unspecified atom stereocenters. The number of nitrogens with one attached hydrogen (secondary N) is 2. The Morgan fingerprint density at radius 2 is 1.82 bits per heavy atom. The van der Waals surface area contributed by atoms with Crippen LogP contribution in [-0.2, 0) is 13.5 Å². The van der Waals surface area contributed by atoms with E-state index >= 15 is 0 Å². The lowest BCUT2D eigenvalue weighted by Crippen LogP contribution is -2.30. The van der Waals surface area contributed by atoms with Crippen molar-refractivity contribution < 1.29 is 4.79 Å². The maximum absolute atomic E-state index is 13.8. The molecule has 0 saturated carbocycles. The van der Waals surface area contributed by atoms with Crippen molar-refractivity contribution in [3.05, 3.63) is 114 Å². The fourth-order valence-corrected chi connectivity index (χ4v) is 4.36. The van der Waals surface area contributed by atoms with E-state index in [0.29, 0.717) is 12.1 Å². The number of carbonyl (C=O) groups excluding carboxylic acids is 1. The number of H-pyrrole nitrogens is 1. The molecule has 0 fully saturated rings. The average Bonchev–Trinajstić information content (AvgIpc) is 3.49. The van der Waals surface area contributed by atoms with Crippen molar-refractivity contribution in [3.8, 4) is 11.1 Å². The van der Waals surface area contributed by atoms with Crippen LogP contribution in [0.1, 0.15) is 33.1 Å². The molecule has 0 radical (unpaired) electrons. The molecule has 34 heavy (non-hydrogen) atoms. The first kappa shape index (κ1) is 21.9. The van der Waals surface area contributed by atoms with Crippen LogP contribution in [0.15, 0.2) is 91.4 Å². The van der Waals surface area contributed by atoms with E-state index in [1.807, 2.05) is 68.1 Å². The van der Waals surface area contributed by atoms with Crippen molar-refractivity contribution in [2.45, 2.75) is 19.4 Å². The van der Waals surface area contributed by atoms with Gasteiger partial charge in [-0.1, -0.05) is 72.3 Å². The second-order valence-electron chi connectivity index (χ2n) is 8.76. The predicted octanol–water partition coefficient (Wildman–Crippen LogP) is 5.63. The highest BCUT2D eigenvalue weighted by molar-refractivity contribution is 6.11. The Morgan fingerprint density at radius 3 is 2.56 bits per heavy atom. The number of aromatic amines is 1. The third-order valence-corrected chi connectivity index (χ3v) is 6.26. The van der Waals surface area contributed by atoms with Gasteiger partial charge >= 0.3 is 0 Å². The van der Waals surface area contributed by atoms with Gasteiger partial charge in [0.2, 0.25) is 0 Å². The summed E-state index contributed by atoms with van der Waals surface area (Å²) in [7, 11) is 1.91. The van der Waals surface area contributed by atoms with Crippen molar-refractivity contribution in [2.24, 2.45) is 7.05 Å². The van der Waals surface area contributed by atoms with Crippen LogP contribution < -0.4 is 5.32 Å². The Hall–Kier alpha value is -3.96. The molecule has 0 amide bonds. The number of carbonyl (C=O) groups is 1. The zero-order valence-corrected chi connectivity index (χ0v) is 19.5. The summed E-state index contributed by atoms with van der Waals surface area (Å²) in [6.07, 6.45) is 6.52. The predicted molar refractivity (Wildman–Crippen MR) is 137 cm³/mol. The van der Waals surface area contributed by atoms with E-state index in [-0.39, 0.29) is 5.78 Å². The van der Waals surface area contributed by atoms with Crippen LogP contribution in [-0.4, -0.2) is 27.1 Å². The first-order valence-corrected chi connectivity index (χ1v) is 11.6. The number of hydrogen-bond acceptors (Lipinski definition) is 3. The number of nitrogens with zero attached hydrogens (tertiary/aromatic N) is 2. The SMILES string of the molecule is Cc1ccc(CCN[C@@H](C(=O)c2c[nH]c3cc(-c4cnn(C)c4)ccc23)c2ccccc2)cc1. The van der Waals surface area contributed by atoms with Crippen molar-refractivity contribution in [3.63, 3.8) is 0 Å². The second-order valence-corrected chi connectivity index (χ2v) is 8.76. The highest BCUT2D eigenvalue weighted by atomic mass is 16.1. The number of benzene rings is 3. The maximum atomic E-state index is 13.8. The van der Waals surface area contributed by atoms with Crippen LogP contribution in [0, 0.1) is 6.92 Å². The van der Waals surface area contributed by atoms with E-state index in [1.165, 1.54) is 11.1 Å². The monoisotopic (exact) mass is 448 g/mol. The number of aromatic nitrogens is 3. The van der Waals surface area contributed by atoms with E-state index in [9.17, 15) is 4.79 Å². The van der Waals surface area contributed by atoms with Crippen molar-refractivity contribution in [1.82, 2.24) is 20.1 Å². The van der Waals surface area contributed by atoms with Crippen LogP contribution in [0.3, 0.4) is 0 Å². The molecule has 0 bridgehead atoms. The summed E-state index contributed by atoms with van der Waals surface area (Å²) >= 11 is 0. The van der Waals surface area contributed by atoms with Crippen LogP contribution >= 0.6 is 0 Å². The quantitative estimate of drug-likeness (QED) is 0.302. The second kappa shape index (κ2) is 9.49. The molecule has 0 saturated heterocycles. The van der Waals surface area contributed by atoms with Crippen LogP contribution in [0.4, 0.5) is 0 Å². The molecule has 5 rings (SSSR count). The van der Waals surface area contributed by atoms with Crippen LogP contribution in [0.5, 0.6) is 0 Å². The summed E-state index contributed by atoms with van der Waals surface area (Å²) in [5.41, 5.74) is 7.23. The highest BCUT2D eigenvalue weighted by Gasteiger charge is 2.24. The third-order valence-electron chi connectivity index (χ3n) is 6.26. The summed E-state index contributed by atoms with van der Waals surface area (Å²) in [6.45, 7) is 2.80. The average molecular weight is 449 g/mol. The summed E-state index contributed by atoms with van der Waals surface area (Å²) in [5.74, 6) is 0.0653. The van der Waals surface area contributed by atoms with Crippen LogP contribution in [0.2, 0.25) is 0 Å². The summed E-state index contributed by atoms with van der Waals surface area (Å²) in [4.78, 5) is 17.1. The first-order chi connectivity index (χ1) is 16.6.